The fourth-order valence-corrected chi connectivity index (χ4v) is 3.92. The summed E-state index contributed by atoms with van der Waals surface area (Å²) in [7, 11) is 0. The van der Waals surface area contributed by atoms with Crippen molar-refractivity contribution in [2.45, 2.75) is 31.1 Å². The molecule has 0 bridgehead atoms. The van der Waals surface area contributed by atoms with Crippen molar-refractivity contribution in [2.24, 2.45) is 0 Å². The number of carboxylic acids is 1. The second-order valence-corrected chi connectivity index (χ2v) is 6.85. The Hall–Kier alpha value is -2.76. The van der Waals surface area contributed by atoms with Crippen molar-refractivity contribution in [2.75, 3.05) is 18.0 Å². The zero-order chi connectivity index (χ0) is 20.3. The molecule has 2 aliphatic rings. The molecule has 0 aromatic carbocycles. The Bertz CT molecular complexity index is 819. The summed E-state index contributed by atoms with van der Waals surface area (Å²) in [5.41, 5.74) is 2.27. The number of thiazole rings is 1. The lowest BCUT2D eigenvalue weighted by atomic mass is 10.1. The van der Waals surface area contributed by atoms with Crippen LogP contribution in [0.5, 0.6) is 0 Å². The van der Waals surface area contributed by atoms with Gasteiger partial charge >= 0.3 is 12.1 Å². The molecule has 0 radical (unpaired) electrons. The number of nitrogens with zero attached hydrogens (tertiary/aromatic N) is 5. The van der Waals surface area contributed by atoms with Crippen LogP contribution in [0.2, 0.25) is 0 Å². The molecule has 150 valence electrons. The van der Waals surface area contributed by atoms with Crippen LogP contribution in [0.1, 0.15) is 23.3 Å². The van der Waals surface area contributed by atoms with Gasteiger partial charge in [0.1, 0.15) is 5.69 Å². The van der Waals surface area contributed by atoms with Gasteiger partial charge in [-0.15, -0.1) is 11.3 Å². The summed E-state index contributed by atoms with van der Waals surface area (Å²) in [6.45, 7) is 1.69. The van der Waals surface area contributed by atoms with Crippen molar-refractivity contribution in [1.29, 1.82) is 0 Å². The molecule has 2 saturated heterocycles. The van der Waals surface area contributed by atoms with Crippen LogP contribution >= 0.6 is 11.3 Å². The predicted molar refractivity (Wildman–Crippen MR) is 93.0 cm³/mol. The Morgan fingerprint density at radius 1 is 1.11 bits per heavy atom. The predicted octanol–water partition coefficient (Wildman–Crippen LogP) is 2.06. The number of alkyl halides is 3. The van der Waals surface area contributed by atoms with E-state index in [9.17, 15) is 18.0 Å². The maximum atomic E-state index is 12.5. The molecule has 1 amide bonds. The number of carbonyl (C=O) groups is 2. The number of rotatable bonds is 2. The van der Waals surface area contributed by atoms with Gasteiger partial charge in [0.15, 0.2) is 0 Å². The molecule has 4 rings (SSSR count). The monoisotopic (exact) mass is 415 g/mol. The van der Waals surface area contributed by atoms with Crippen molar-refractivity contribution in [3.63, 3.8) is 0 Å². The molecule has 2 aliphatic heterocycles. The number of hydrogen-bond donors (Lipinski definition) is 1. The molecule has 12 heteroatoms. The summed E-state index contributed by atoms with van der Waals surface area (Å²) in [6, 6.07) is 2.40. The first-order chi connectivity index (χ1) is 13.3. The summed E-state index contributed by atoms with van der Waals surface area (Å²) in [5, 5.41) is 8.95. The lowest BCUT2D eigenvalue weighted by molar-refractivity contribution is -0.192. The largest absolute Gasteiger partial charge is 0.490 e. The first-order valence-electron chi connectivity index (χ1n) is 8.32. The third kappa shape index (κ3) is 4.21. The number of likely N-dealkylation sites (tertiary alicyclic amines) is 1. The highest BCUT2D eigenvalue weighted by atomic mass is 32.1. The Labute approximate surface area is 161 Å². The highest BCUT2D eigenvalue weighted by Gasteiger charge is 2.45. The number of aromatic nitrogens is 3. The van der Waals surface area contributed by atoms with E-state index in [4.69, 9.17) is 9.90 Å². The van der Waals surface area contributed by atoms with Crippen molar-refractivity contribution in [3.05, 3.63) is 35.0 Å². The van der Waals surface area contributed by atoms with Gasteiger partial charge in [-0.3, -0.25) is 4.79 Å². The van der Waals surface area contributed by atoms with E-state index in [1.54, 1.807) is 17.9 Å². The molecule has 0 aliphatic carbocycles. The van der Waals surface area contributed by atoms with Crippen molar-refractivity contribution in [3.8, 4) is 0 Å². The summed E-state index contributed by atoms with van der Waals surface area (Å²) in [4.78, 5) is 38.4. The van der Waals surface area contributed by atoms with Gasteiger partial charge in [-0.05, 0) is 18.9 Å². The molecule has 1 N–H and O–H groups in total. The Morgan fingerprint density at radius 2 is 1.75 bits per heavy atom. The fourth-order valence-electron chi connectivity index (χ4n) is 3.39. The molecular formula is C16H16F3N5O3S. The Kier molecular flexibility index (Phi) is 5.77. The van der Waals surface area contributed by atoms with Crippen LogP contribution < -0.4 is 4.90 Å². The number of amides is 1. The Balaban J connectivity index is 0.000000279. The average Bonchev–Trinajstić information content (AvgIpc) is 3.39. The van der Waals surface area contributed by atoms with Gasteiger partial charge in [0, 0.05) is 30.9 Å². The lowest BCUT2D eigenvalue weighted by Crippen LogP contribution is -2.40. The number of fused-ring (bicyclic) bond motifs is 1. The molecule has 0 saturated carbocycles. The van der Waals surface area contributed by atoms with Gasteiger partial charge in [-0.2, -0.15) is 13.2 Å². The number of carbonyl (C=O) groups excluding carboxylic acids is 1. The topological polar surface area (TPSA) is 99.5 Å². The molecule has 2 atom stereocenters. The molecule has 2 fully saturated rings. The Morgan fingerprint density at radius 3 is 2.32 bits per heavy atom. The molecule has 4 heterocycles. The van der Waals surface area contributed by atoms with Gasteiger partial charge in [0.25, 0.3) is 5.91 Å². The zero-order valence-electron chi connectivity index (χ0n) is 14.4. The SMILES string of the molecule is O=C(O)C(F)(F)F.O=C(c1cscn1)N1CC[C@H]2[C@H]1CCN2c1ncccn1. The molecule has 0 unspecified atom stereocenters. The van der Waals surface area contributed by atoms with Gasteiger partial charge in [0.05, 0.1) is 17.6 Å². The van der Waals surface area contributed by atoms with Crippen molar-refractivity contribution >= 4 is 29.2 Å². The molecular weight excluding hydrogens is 399 g/mol. The van der Waals surface area contributed by atoms with Crippen molar-refractivity contribution < 1.29 is 27.9 Å². The fraction of sp³-hybridized carbons (Fsp3) is 0.438. The molecule has 2 aromatic rings. The molecule has 28 heavy (non-hydrogen) atoms. The van der Waals surface area contributed by atoms with E-state index in [-0.39, 0.29) is 11.9 Å². The maximum absolute atomic E-state index is 12.5. The number of anilines is 1. The van der Waals surface area contributed by atoms with Crippen LogP contribution in [-0.4, -0.2) is 68.2 Å². The smallest absolute Gasteiger partial charge is 0.475 e. The first kappa shape index (κ1) is 20.0. The van der Waals surface area contributed by atoms with Crippen LogP contribution in [0.15, 0.2) is 29.4 Å². The van der Waals surface area contributed by atoms with Crippen LogP contribution in [0, 0.1) is 0 Å². The quantitative estimate of drug-likeness (QED) is 0.801. The second kappa shape index (κ2) is 8.09. The van der Waals surface area contributed by atoms with E-state index in [2.05, 4.69) is 19.9 Å². The lowest BCUT2D eigenvalue weighted by Gasteiger charge is -2.25. The average molecular weight is 415 g/mol. The van der Waals surface area contributed by atoms with Crippen LogP contribution in [0.25, 0.3) is 0 Å². The van der Waals surface area contributed by atoms with Crippen LogP contribution in [0.3, 0.4) is 0 Å². The molecule has 2 aromatic heterocycles. The van der Waals surface area contributed by atoms with E-state index < -0.39 is 12.1 Å². The highest BCUT2D eigenvalue weighted by molar-refractivity contribution is 7.07. The molecule has 8 nitrogen and oxygen atoms in total. The van der Waals surface area contributed by atoms with Gasteiger partial charge in [-0.25, -0.2) is 19.7 Å². The minimum absolute atomic E-state index is 0.0552. The van der Waals surface area contributed by atoms with Gasteiger partial charge < -0.3 is 14.9 Å². The van der Waals surface area contributed by atoms with E-state index in [0.29, 0.717) is 11.7 Å². The number of hydrogen-bond acceptors (Lipinski definition) is 7. The summed E-state index contributed by atoms with van der Waals surface area (Å²) < 4.78 is 31.7. The third-order valence-electron chi connectivity index (χ3n) is 4.54. The molecule has 0 spiro atoms. The highest BCUT2D eigenvalue weighted by Crippen LogP contribution is 2.34. The van der Waals surface area contributed by atoms with Crippen LogP contribution in [-0.2, 0) is 4.79 Å². The number of halogens is 3. The van der Waals surface area contributed by atoms with Crippen molar-refractivity contribution in [1.82, 2.24) is 19.9 Å². The second-order valence-electron chi connectivity index (χ2n) is 6.13. The zero-order valence-corrected chi connectivity index (χ0v) is 15.2. The number of carboxylic acid groups (broad SMARTS) is 1. The minimum atomic E-state index is -5.08. The summed E-state index contributed by atoms with van der Waals surface area (Å²) in [6.07, 6.45) is 0.392. The van der Waals surface area contributed by atoms with E-state index in [1.807, 2.05) is 16.3 Å². The van der Waals surface area contributed by atoms with E-state index >= 15 is 0 Å². The van der Waals surface area contributed by atoms with Crippen LogP contribution in [0.4, 0.5) is 19.1 Å². The third-order valence-corrected chi connectivity index (χ3v) is 5.13. The number of aliphatic carboxylic acids is 1. The van der Waals surface area contributed by atoms with E-state index in [1.165, 1.54) is 11.3 Å². The minimum Gasteiger partial charge on any atom is -0.475 e. The summed E-state index contributed by atoms with van der Waals surface area (Å²) >= 11 is 1.46. The normalized spacial score (nSPS) is 21.1. The van der Waals surface area contributed by atoms with Gasteiger partial charge in [-0.1, -0.05) is 0 Å². The first-order valence-corrected chi connectivity index (χ1v) is 9.26. The van der Waals surface area contributed by atoms with E-state index in [0.717, 1.165) is 31.9 Å². The standard InChI is InChI=1S/C14H15N5OS.C2HF3O2/c20-13(10-8-21-9-17-10)18-6-2-12-11(18)3-7-19(12)14-15-4-1-5-16-14;3-2(4,5)1(6)7/h1,4-5,8-9,11-12H,2-3,6-7H2;(H,6,7)/t11-,12+;/m1./s1. The maximum Gasteiger partial charge on any atom is 0.490 e. The summed E-state index contributed by atoms with van der Waals surface area (Å²) in [5.74, 6) is -1.93. The van der Waals surface area contributed by atoms with Gasteiger partial charge in [0.2, 0.25) is 5.95 Å².